The van der Waals surface area contributed by atoms with Crippen LogP contribution >= 0.6 is 0 Å². The van der Waals surface area contributed by atoms with E-state index in [0.29, 0.717) is 12.5 Å². The van der Waals surface area contributed by atoms with Gasteiger partial charge in [-0.05, 0) is 37.8 Å². The van der Waals surface area contributed by atoms with E-state index in [9.17, 15) is 10.1 Å². The smallest absolute Gasteiger partial charge is 0.271 e. The average Bonchev–Trinajstić information content (AvgIpc) is 2.26. The second kappa shape index (κ2) is 6.02. The van der Waals surface area contributed by atoms with Crippen molar-refractivity contribution in [2.45, 2.75) is 39.7 Å². The van der Waals surface area contributed by atoms with Crippen molar-refractivity contribution in [3.05, 3.63) is 33.9 Å². The van der Waals surface area contributed by atoms with E-state index in [1.165, 1.54) is 0 Å². The fraction of sp³-hybridized carbons (Fsp3) is 0.571. The first-order valence-corrected chi connectivity index (χ1v) is 6.50. The lowest BCUT2D eigenvalue weighted by Crippen LogP contribution is -2.43. The van der Waals surface area contributed by atoms with Gasteiger partial charge < -0.3 is 11.1 Å². The zero-order valence-electron chi connectivity index (χ0n) is 12.1. The Balaban J connectivity index is 3.00. The number of hydrogen-bond acceptors (Lipinski definition) is 4. The van der Waals surface area contributed by atoms with Crippen LogP contribution in [0, 0.1) is 23.0 Å². The highest BCUT2D eigenvalue weighted by atomic mass is 16.6. The number of nitro benzene ring substituents is 1. The van der Waals surface area contributed by atoms with E-state index in [4.69, 9.17) is 5.73 Å². The van der Waals surface area contributed by atoms with Crippen LogP contribution in [0.5, 0.6) is 0 Å². The van der Waals surface area contributed by atoms with Crippen molar-refractivity contribution >= 4 is 11.4 Å². The van der Waals surface area contributed by atoms with Crippen LogP contribution in [0.3, 0.4) is 0 Å². The van der Waals surface area contributed by atoms with Gasteiger partial charge in [-0.15, -0.1) is 0 Å². The summed E-state index contributed by atoms with van der Waals surface area (Å²) in [5.41, 5.74) is 7.30. The molecule has 0 saturated carbocycles. The molecular formula is C14H23N3O2. The van der Waals surface area contributed by atoms with Gasteiger partial charge in [0.15, 0.2) is 0 Å². The molecular weight excluding hydrogens is 242 g/mol. The van der Waals surface area contributed by atoms with Gasteiger partial charge in [0.1, 0.15) is 0 Å². The minimum Gasteiger partial charge on any atom is -0.378 e. The fourth-order valence-corrected chi connectivity index (χ4v) is 2.38. The van der Waals surface area contributed by atoms with E-state index in [1.807, 2.05) is 19.9 Å². The van der Waals surface area contributed by atoms with Crippen molar-refractivity contribution in [3.63, 3.8) is 0 Å². The number of benzene rings is 1. The lowest BCUT2D eigenvalue weighted by Gasteiger charge is -2.32. The summed E-state index contributed by atoms with van der Waals surface area (Å²) in [7, 11) is 0. The monoisotopic (exact) mass is 265 g/mol. The minimum absolute atomic E-state index is 0.103. The number of rotatable bonds is 6. The summed E-state index contributed by atoms with van der Waals surface area (Å²) in [5, 5.41) is 14.2. The summed E-state index contributed by atoms with van der Waals surface area (Å²) < 4.78 is 0. The Hall–Kier alpha value is -1.62. The summed E-state index contributed by atoms with van der Waals surface area (Å²) >= 11 is 0. The van der Waals surface area contributed by atoms with Crippen molar-refractivity contribution in [1.29, 1.82) is 0 Å². The molecule has 1 atom stereocenters. The third-order valence-electron chi connectivity index (χ3n) is 3.03. The zero-order valence-corrected chi connectivity index (χ0v) is 12.1. The lowest BCUT2D eigenvalue weighted by atomic mass is 9.90. The van der Waals surface area contributed by atoms with Crippen LogP contribution in [-0.2, 0) is 0 Å². The van der Waals surface area contributed by atoms with Crippen molar-refractivity contribution in [3.8, 4) is 0 Å². The average molecular weight is 265 g/mol. The number of anilines is 1. The van der Waals surface area contributed by atoms with Crippen molar-refractivity contribution in [2.24, 2.45) is 11.7 Å². The third kappa shape index (κ3) is 4.52. The Labute approximate surface area is 114 Å². The molecule has 1 aromatic rings. The van der Waals surface area contributed by atoms with E-state index in [1.54, 1.807) is 12.1 Å². The molecule has 0 amide bonds. The third-order valence-corrected chi connectivity index (χ3v) is 3.03. The van der Waals surface area contributed by atoms with E-state index in [0.717, 1.165) is 17.7 Å². The molecule has 5 nitrogen and oxygen atoms in total. The molecule has 1 rings (SSSR count). The summed E-state index contributed by atoms with van der Waals surface area (Å²) in [6.45, 7) is 8.64. The van der Waals surface area contributed by atoms with Gasteiger partial charge in [-0.2, -0.15) is 0 Å². The van der Waals surface area contributed by atoms with Gasteiger partial charge in [0.05, 0.1) is 4.92 Å². The number of aryl methyl sites for hydroxylation is 1. The normalized spacial score (nSPS) is 14.2. The molecule has 0 heterocycles. The molecule has 1 unspecified atom stereocenters. The number of nitrogens with zero attached hydrogens (tertiary/aromatic N) is 1. The highest BCUT2D eigenvalue weighted by Crippen LogP contribution is 2.26. The highest BCUT2D eigenvalue weighted by molar-refractivity contribution is 5.55. The van der Waals surface area contributed by atoms with Crippen LogP contribution in [-0.4, -0.2) is 17.0 Å². The Bertz CT molecular complexity index is 460. The molecule has 1 aromatic carbocycles. The first-order chi connectivity index (χ1) is 8.75. The standard InChI is InChI=1S/C14H23N3O2/c1-10(2)8-14(4,9-15)16-12-5-11(3)6-13(7-12)17(18)19/h5-7,10,16H,8-9,15H2,1-4H3. The quantitative estimate of drug-likeness (QED) is 0.611. The molecule has 5 heteroatoms. The van der Waals surface area contributed by atoms with Crippen molar-refractivity contribution < 1.29 is 4.92 Å². The van der Waals surface area contributed by atoms with Gasteiger partial charge in [0.2, 0.25) is 0 Å². The summed E-state index contributed by atoms with van der Waals surface area (Å²) in [6, 6.07) is 5.02. The van der Waals surface area contributed by atoms with Gasteiger partial charge >= 0.3 is 0 Å². The number of hydrogen-bond donors (Lipinski definition) is 2. The van der Waals surface area contributed by atoms with Crippen LogP contribution in [0.25, 0.3) is 0 Å². The minimum atomic E-state index is -0.375. The highest BCUT2D eigenvalue weighted by Gasteiger charge is 2.24. The molecule has 0 saturated heterocycles. The summed E-state index contributed by atoms with van der Waals surface area (Å²) in [6.07, 6.45) is 0.908. The fourth-order valence-electron chi connectivity index (χ4n) is 2.38. The largest absolute Gasteiger partial charge is 0.378 e. The van der Waals surface area contributed by atoms with Crippen molar-refractivity contribution in [1.82, 2.24) is 0 Å². The van der Waals surface area contributed by atoms with Gasteiger partial charge in [-0.25, -0.2) is 0 Å². The van der Waals surface area contributed by atoms with Crippen LogP contribution in [0.2, 0.25) is 0 Å². The molecule has 0 aliphatic rings. The van der Waals surface area contributed by atoms with Crippen LogP contribution < -0.4 is 11.1 Å². The predicted molar refractivity (Wildman–Crippen MR) is 78.4 cm³/mol. The maximum atomic E-state index is 10.9. The maximum absolute atomic E-state index is 10.9. The molecule has 106 valence electrons. The Morgan fingerprint density at radius 3 is 2.53 bits per heavy atom. The molecule has 0 aromatic heterocycles. The predicted octanol–water partition coefficient (Wildman–Crippen LogP) is 3.08. The van der Waals surface area contributed by atoms with Crippen LogP contribution in [0.4, 0.5) is 11.4 Å². The number of non-ortho nitro benzene ring substituents is 1. The molecule has 0 aliphatic carbocycles. The van der Waals surface area contributed by atoms with E-state index >= 15 is 0 Å². The summed E-state index contributed by atoms with van der Waals surface area (Å²) in [4.78, 5) is 10.5. The molecule has 19 heavy (non-hydrogen) atoms. The molecule has 0 bridgehead atoms. The maximum Gasteiger partial charge on any atom is 0.271 e. The van der Waals surface area contributed by atoms with Gasteiger partial charge in [0.25, 0.3) is 5.69 Å². The van der Waals surface area contributed by atoms with E-state index < -0.39 is 0 Å². The SMILES string of the molecule is Cc1cc(NC(C)(CN)CC(C)C)cc([N+](=O)[O-])c1. The number of nitrogens with one attached hydrogen (secondary N) is 1. The van der Waals surface area contributed by atoms with E-state index in [2.05, 4.69) is 19.2 Å². The Morgan fingerprint density at radius 1 is 1.42 bits per heavy atom. The number of nitro groups is 1. The molecule has 0 fully saturated rings. The second-order valence-corrected chi connectivity index (χ2v) is 5.80. The van der Waals surface area contributed by atoms with E-state index in [-0.39, 0.29) is 16.1 Å². The lowest BCUT2D eigenvalue weighted by molar-refractivity contribution is -0.384. The first-order valence-electron chi connectivity index (χ1n) is 6.50. The topological polar surface area (TPSA) is 81.2 Å². The zero-order chi connectivity index (χ0) is 14.6. The molecule has 0 aliphatic heterocycles. The van der Waals surface area contributed by atoms with Crippen LogP contribution in [0.15, 0.2) is 18.2 Å². The van der Waals surface area contributed by atoms with Gasteiger partial charge in [-0.1, -0.05) is 13.8 Å². The summed E-state index contributed by atoms with van der Waals surface area (Å²) in [5.74, 6) is 0.501. The Morgan fingerprint density at radius 2 is 2.05 bits per heavy atom. The second-order valence-electron chi connectivity index (χ2n) is 5.80. The Kier molecular flexibility index (Phi) is 4.89. The van der Waals surface area contributed by atoms with Gasteiger partial charge in [-0.3, -0.25) is 10.1 Å². The number of nitrogens with two attached hydrogens (primary N) is 1. The molecule has 0 radical (unpaired) electrons. The van der Waals surface area contributed by atoms with Crippen molar-refractivity contribution in [2.75, 3.05) is 11.9 Å². The van der Waals surface area contributed by atoms with Gasteiger partial charge in [0, 0.05) is 29.9 Å². The van der Waals surface area contributed by atoms with Crippen LogP contribution in [0.1, 0.15) is 32.8 Å². The molecule has 0 spiro atoms. The molecule has 3 N–H and O–H groups in total. The first kappa shape index (κ1) is 15.4.